The van der Waals surface area contributed by atoms with Crippen LogP contribution in [0.1, 0.15) is 37.3 Å². The highest BCUT2D eigenvalue weighted by molar-refractivity contribution is 6.06. The largest absolute Gasteiger partial charge is 0.459 e. The van der Waals surface area contributed by atoms with Crippen LogP contribution in [0.15, 0.2) is 104 Å². The molecule has 1 fully saturated rings. The Bertz CT molecular complexity index is 1750. The maximum atomic E-state index is 12.9. The van der Waals surface area contributed by atoms with Gasteiger partial charge in [0.2, 0.25) is 0 Å². The zero-order chi connectivity index (χ0) is 29.8. The molecule has 2 aromatic heterocycles. The quantitative estimate of drug-likeness (QED) is 0.261. The van der Waals surface area contributed by atoms with Crippen LogP contribution in [0.4, 0.5) is 5.82 Å². The Hall–Kier alpha value is -5.46. The molecule has 0 bridgehead atoms. The topological polar surface area (TPSA) is 155 Å². The van der Waals surface area contributed by atoms with Gasteiger partial charge in [-0.1, -0.05) is 54.6 Å². The van der Waals surface area contributed by atoms with Crippen LogP contribution >= 0.6 is 0 Å². The number of ether oxygens (including phenoxy) is 3. The number of benzene rings is 3. The molecule has 1 amide bonds. The first-order valence-electron chi connectivity index (χ1n) is 13.4. The first-order chi connectivity index (χ1) is 21.0. The fourth-order valence-corrected chi connectivity index (χ4v) is 4.71. The average molecular weight is 580 g/mol. The molecule has 0 saturated carbocycles. The van der Waals surface area contributed by atoms with E-state index in [9.17, 15) is 19.5 Å². The summed E-state index contributed by atoms with van der Waals surface area (Å²) in [5, 5.41) is 14.1. The van der Waals surface area contributed by atoms with Crippen molar-refractivity contribution in [1.29, 1.82) is 0 Å². The van der Waals surface area contributed by atoms with Gasteiger partial charge in [-0.05, 0) is 36.4 Å². The third-order valence-electron chi connectivity index (χ3n) is 6.85. The van der Waals surface area contributed by atoms with Crippen molar-refractivity contribution in [3.8, 4) is 0 Å². The Labute approximate surface area is 244 Å². The maximum absolute atomic E-state index is 12.9. The highest BCUT2D eigenvalue weighted by Crippen LogP contribution is 2.34. The van der Waals surface area contributed by atoms with E-state index < -0.39 is 36.5 Å². The molecule has 1 saturated heterocycles. The van der Waals surface area contributed by atoms with Crippen LogP contribution < -0.4 is 5.32 Å². The number of aliphatic hydroxyl groups excluding tert-OH is 1. The van der Waals surface area contributed by atoms with Gasteiger partial charge < -0.3 is 24.6 Å². The zero-order valence-electron chi connectivity index (χ0n) is 22.5. The molecule has 6 rings (SSSR count). The van der Waals surface area contributed by atoms with Gasteiger partial charge in [0.25, 0.3) is 5.91 Å². The summed E-state index contributed by atoms with van der Waals surface area (Å²) < 4.78 is 18.7. The number of hydrogen-bond acceptors (Lipinski definition) is 10. The SMILES string of the molecule is O=C(Nc1ncnc2c1ncn2C1OC(COC(=O)c2ccccc2)C(OC(=O)c2ccccc2)C1O)c1ccccc1. The summed E-state index contributed by atoms with van der Waals surface area (Å²) in [4.78, 5) is 51.1. The summed E-state index contributed by atoms with van der Waals surface area (Å²) in [6.07, 6.45) is -2.15. The van der Waals surface area contributed by atoms with E-state index in [4.69, 9.17) is 14.2 Å². The minimum Gasteiger partial charge on any atom is -0.459 e. The molecule has 4 unspecified atom stereocenters. The lowest BCUT2D eigenvalue weighted by atomic mass is 10.1. The zero-order valence-corrected chi connectivity index (χ0v) is 22.5. The monoisotopic (exact) mass is 579 g/mol. The lowest BCUT2D eigenvalue weighted by Crippen LogP contribution is -2.38. The lowest BCUT2D eigenvalue weighted by molar-refractivity contribution is -0.0585. The number of hydrogen-bond donors (Lipinski definition) is 2. The number of carbonyl (C=O) groups excluding carboxylic acids is 3. The summed E-state index contributed by atoms with van der Waals surface area (Å²) in [6, 6.07) is 25.3. The number of aromatic nitrogens is 4. The molecular weight excluding hydrogens is 554 g/mol. The number of rotatable bonds is 8. The van der Waals surface area contributed by atoms with E-state index in [1.807, 2.05) is 0 Å². The number of amides is 1. The summed E-state index contributed by atoms with van der Waals surface area (Å²) in [5.41, 5.74) is 1.53. The van der Waals surface area contributed by atoms with E-state index in [0.717, 1.165) is 0 Å². The Morgan fingerprint density at radius 2 is 1.42 bits per heavy atom. The molecule has 3 heterocycles. The molecular formula is C31H25N5O7. The number of aliphatic hydroxyl groups is 1. The fourth-order valence-electron chi connectivity index (χ4n) is 4.71. The third-order valence-corrected chi connectivity index (χ3v) is 6.85. The third kappa shape index (κ3) is 5.82. The first-order valence-corrected chi connectivity index (χ1v) is 13.4. The van der Waals surface area contributed by atoms with Crippen LogP contribution in [0.2, 0.25) is 0 Å². The van der Waals surface area contributed by atoms with Gasteiger partial charge in [0, 0.05) is 5.56 Å². The van der Waals surface area contributed by atoms with E-state index in [0.29, 0.717) is 11.1 Å². The fraction of sp³-hybridized carbons (Fsp3) is 0.161. The van der Waals surface area contributed by atoms with Gasteiger partial charge in [-0.15, -0.1) is 0 Å². The van der Waals surface area contributed by atoms with E-state index in [-0.39, 0.29) is 35.1 Å². The normalized spacial score (nSPS) is 19.6. The molecule has 43 heavy (non-hydrogen) atoms. The highest BCUT2D eigenvalue weighted by atomic mass is 16.6. The number of nitrogens with zero attached hydrogens (tertiary/aromatic N) is 4. The standard InChI is InChI=1S/C31H25N5O7/c37-24-25(43-31(40)21-14-8-3-9-15-21)22(16-41-30(39)20-12-6-2-7-13-20)42-29(24)36-18-34-23-26(32-17-33-27(23)36)35-28(38)19-10-4-1-5-11-19/h1-15,17-18,22,24-25,29,37H,16H2,(H,32,33,35,38). The second-order valence-electron chi connectivity index (χ2n) is 9.62. The van der Waals surface area contributed by atoms with Crippen molar-refractivity contribution in [2.75, 3.05) is 11.9 Å². The van der Waals surface area contributed by atoms with Crippen LogP contribution in [0, 0.1) is 0 Å². The molecule has 1 aliphatic rings. The average Bonchev–Trinajstić information content (AvgIpc) is 3.62. The van der Waals surface area contributed by atoms with Crippen molar-refractivity contribution >= 4 is 34.8 Å². The first kappa shape index (κ1) is 27.7. The van der Waals surface area contributed by atoms with Crippen molar-refractivity contribution in [1.82, 2.24) is 19.5 Å². The summed E-state index contributed by atoms with van der Waals surface area (Å²) >= 11 is 0. The Kier molecular flexibility index (Phi) is 7.85. The van der Waals surface area contributed by atoms with Gasteiger partial charge in [0.05, 0.1) is 17.5 Å². The molecule has 12 heteroatoms. The summed E-state index contributed by atoms with van der Waals surface area (Å²) in [5.74, 6) is -1.52. The van der Waals surface area contributed by atoms with Gasteiger partial charge in [0.15, 0.2) is 29.3 Å². The molecule has 3 aromatic carbocycles. The molecule has 2 N–H and O–H groups in total. The van der Waals surface area contributed by atoms with Crippen molar-refractivity contribution < 1.29 is 33.7 Å². The van der Waals surface area contributed by atoms with Gasteiger partial charge in [0.1, 0.15) is 25.1 Å². The van der Waals surface area contributed by atoms with E-state index >= 15 is 0 Å². The van der Waals surface area contributed by atoms with Crippen molar-refractivity contribution in [3.63, 3.8) is 0 Å². The number of imidazole rings is 1. The molecule has 5 aromatic rings. The van der Waals surface area contributed by atoms with Crippen LogP contribution in [-0.2, 0) is 14.2 Å². The van der Waals surface area contributed by atoms with Crippen molar-refractivity contribution in [2.45, 2.75) is 24.5 Å². The Balaban J connectivity index is 1.26. The Morgan fingerprint density at radius 3 is 2.07 bits per heavy atom. The van der Waals surface area contributed by atoms with Crippen LogP contribution in [-0.4, -0.2) is 67.4 Å². The van der Waals surface area contributed by atoms with Crippen LogP contribution in [0.3, 0.4) is 0 Å². The molecule has 0 radical (unpaired) electrons. The molecule has 12 nitrogen and oxygen atoms in total. The minimum atomic E-state index is -1.40. The predicted molar refractivity (Wildman–Crippen MR) is 152 cm³/mol. The molecule has 0 aliphatic carbocycles. The highest BCUT2D eigenvalue weighted by Gasteiger charge is 2.48. The maximum Gasteiger partial charge on any atom is 0.338 e. The van der Waals surface area contributed by atoms with Gasteiger partial charge in [-0.2, -0.15) is 0 Å². The molecule has 216 valence electrons. The second kappa shape index (κ2) is 12.2. The number of nitrogens with one attached hydrogen (secondary N) is 1. The summed E-state index contributed by atoms with van der Waals surface area (Å²) in [7, 11) is 0. The number of esters is 2. The molecule has 0 spiro atoms. The van der Waals surface area contributed by atoms with E-state index in [1.165, 1.54) is 17.2 Å². The van der Waals surface area contributed by atoms with Crippen LogP contribution in [0.25, 0.3) is 11.2 Å². The second-order valence-corrected chi connectivity index (χ2v) is 9.62. The predicted octanol–water partition coefficient (Wildman–Crippen LogP) is 3.42. The van der Waals surface area contributed by atoms with Crippen molar-refractivity contribution in [3.05, 3.63) is 120 Å². The summed E-state index contributed by atoms with van der Waals surface area (Å²) in [6.45, 7) is -0.311. The van der Waals surface area contributed by atoms with Gasteiger partial charge in [-0.3, -0.25) is 9.36 Å². The smallest absolute Gasteiger partial charge is 0.338 e. The van der Waals surface area contributed by atoms with E-state index in [1.54, 1.807) is 91.0 Å². The number of fused-ring (bicyclic) bond motifs is 1. The van der Waals surface area contributed by atoms with Crippen molar-refractivity contribution in [2.24, 2.45) is 0 Å². The number of anilines is 1. The lowest BCUT2D eigenvalue weighted by Gasteiger charge is -2.20. The minimum absolute atomic E-state index is 0.158. The molecule has 1 aliphatic heterocycles. The van der Waals surface area contributed by atoms with E-state index in [2.05, 4.69) is 20.3 Å². The molecule has 4 atom stereocenters. The van der Waals surface area contributed by atoms with Gasteiger partial charge >= 0.3 is 11.9 Å². The van der Waals surface area contributed by atoms with Crippen LogP contribution in [0.5, 0.6) is 0 Å². The number of carbonyl (C=O) groups is 3. The Morgan fingerprint density at radius 1 is 0.814 bits per heavy atom. The van der Waals surface area contributed by atoms with Gasteiger partial charge in [-0.25, -0.2) is 24.5 Å².